The Labute approximate surface area is 108 Å². The first kappa shape index (κ1) is 10.5. The van der Waals surface area contributed by atoms with E-state index < -0.39 is 0 Å². The lowest BCUT2D eigenvalue weighted by atomic mass is 10.2. The molecule has 1 aromatic heterocycles. The van der Waals surface area contributed by atoms with Crippen LogP contribution < -0.4 is 0 Å². The fourth-order valence-electron chi connectivity index (χ4n) is 1.91. The first-order chi connectivity index (χ1) is 8.25. The standard InChI is InChI=1S/C14H11BrN2/c1-10-5-7-11(8-6-10)17-14-4-2-3-13(15)12(14)9-16-17/h2-9H,1H3. The number of hydrogen-bond acceptors (Lipinski definition) is 1. The Hall–Kier alpha value is -1.61. The van der Waals surface area contributed by atoms with Gasteiger partial charge in [0.25, 0.3) is 0 Å². The van der Waals surface area contributed by atoms with Gasteiger partial charge in [-0.2, -0.15) is 5.10 Å². The first-order valence-corrected chi connectivity index (χ1v) is 6.24. The molecule has 0 atom stereocenters. The van der Waals surface area contributed by atoms with E-state index in [1.54, 1.807) is 0 Å². The van der Waals surface area contributed by atoms with Gasteiger partial charge in [-0.25, -0.2) is 4.68 Å². The Balaban J connectivity index is 2.24. The second-order valence-electron chi connectivity index (χ2n) is 4.06. The van der Waals surface area contributed by atoms with E-state index >= 15 is 0 Å². The third kappa shape index (κ3) is 1.76. The lowest BCUT2D eigenvalue weighted by Crippen LogP contribution is -1.95. The molecule has 0 spiro atoms. The molecule has 0 bridgehead atoms. The molecule has 3 heteroatoms. The lowest BCUT2D eigenvalue weighted by Gasteiger charge is -2.04. The summed E-state index contributed by atoms with van der Waals surface area (Å²) in [5.74, 6) is 0. The van der Waals surface area contributed by atoms with Crippen molar-refractivity contribution in [3.63, 3.8) is 0 Å². The summed E-state index contributed by atoms with van der Waals surface area (Å²) >= 11 is 3.54. The maximum Gasteiger partial charge on any atom is 0.0752 e. The second kappa shape index (κ2) is 4.00. The van der Waals surface area contributed by atoms with Crippen molar-refractivity contribution < 1.29 is 0 Å². The molecule has 3 aromatic rings. The number of nitrogens with zero attached hydrogens (tertiary/aromatic N) is 2. The largest absolute Gasteiger partial charge is 0.233 e. The van der Waals surface area contributed by atoms with Gasteiger partial charge in [0, 0.05) is 9.86 Å². The molecule has 17 heavy (non-hydrogen) atoms. The molecule has 0 aliphatic heterocycles. The van der Waals surface area contributed by atoms with E-state index in [0.717, 1.165) is 21.1 Å². The molecule has 0 N–H and O–H groups in total. The number of benzene rings is 2. The molecular formula is C14H11BrN2. The van der Waals surface area contributed by atoms with Crippen molar-refractivity contribution >= 4 is 26.8 Å². The maximum absolute atomic E-state index is 4.44. The van der Waals surface area contributed by atoms with Gasteiger partial charge in [-0.05, 0) is 31.2 Å². The molecule has 0 saturated heterocycles. The molecule has 3 rings (SSSR count). The molecule has 0 amide bonds. The van der Waals surface area contributed by atoms with Crippen LogP contribution in [-0.2, 0) is 0 Å². The fourth-order valence-corrected chi connectivity index (χ4v) is 2.37. The van der Waals surface area contributed by atoms with E-state index in [1.807, 2.05) is 23.0 Å². The van der Waals surface area contributed by atoms with E-state index in [2.05, 4.69) is 58.3 Å². The van der Waals surface area contributed by atoms with Crippen LogP contribution in [0.1, 0.15) is 5.56 Å². The Morgan fingerprint density at radius 2 is 1.82 bits per heavy atom. The van der Waals surface area contributed by atoms with Crippen molar-refractivity contribution in [2.75, 3.05) is 0 Å². The fraction of sp³-hybridized carbons (Fsp3) is 0.0714. The summed E-state index contributed by atoms with van der Waals surface area (Å²) in [5, 5.41) is 5.58. The van der Waals surface area contributed by atoms with E-state index in [4.69, 9.17) is 0 Å². The van der Waals surface area contributed by atoms with E-state index in [1.165, 1.54) is 5.56 Å². The molecule has 0 aliphatic carbocycles. The third-order valence-corrected chi connectivity index (χ3v) is 3.53. The van der Waals surface area contributed by atoms with Crippen LogP contribution in [0.5, 0.6) is 0 Å². The topological polar surface area (TPSA) is 17.8 Å². The zero-order valence-corrected chi connectivity index (χ0v) is 11.0. The second-order valence-corrected chi connectivity index (χ2v) is 4.92. The van der Waals surface area contributed by atoms with Crippen LogP contribution in [0.25, 0.3) is 16.6 Å². The molecule has 0 saturated carbocycles. The van der Waals surface area contributed by atoms with Gasteiger partial charge in [0.05, 0.1) is 17.4 Å². The molecule has 0 fully saturated rings. The number of hydrogen-bond donors (Lipinski definition) is 0. The van der Waals surface area contributed by atoms with Crippen LogP contribution in [0.2, 0.25) is 0 Å². The average molecular weight is 287 g/mol. The van der Waals surface area contributed by atoms with Gasteiger partial charge in [-0.1, -0.05) is 39.7 Å². The summed E-state index contributed by atoms with van der Waals surface area (Å²) in [7, 11) is 0. The summed E-state index contributed by atoms with van der Waals surface area (Å²) in [4.78, 5) is 0. The van der Waals surface area contributed by atoms with Gasteiger partial charge in [0.1, 0.15) is 0 Å². The Bertz CT molecular complexity index is 668. The van der Waals surface area contributed by atoms with Crippen LogP contribution in [0.15, 0.2) is 53.1 Å². The normalized spacial score (nSPS) is 10.9. The number of aromatic nitrogens is 2. The van der Waals surface area contributed by atoms with Crippen molar-refractivity contribution in [2.24, 2.45) is 0 Å². The quantitative estimate of drug-likeness (QED) is 0.659. The molecule has 0 radical (unpaired) electrons. The first-order valence-electron chi connectivity index (χ1n) is 5.45. The predicted octanol–water partition coefficient (Wildman–Crippen LogP) is 4.10. The zero-order chi connectivity index (χ0) is 11.8. The highest BCUT2D eigenvalue weighted by Gasteiger charge is 2.06. The zero-order valence-electron chi connectivity index (χ0n) is 9.39. The van der Waals surface area contributed by atoms with Crippen LogP contribution in [-0.4, -0.2) is 9.78 Å². The van der Waals surface area contributed by atoms with Gasteiger partial charge in [0.2, 0.25) is 0 Å². The molecule has 84 valence electrons. The monoisotopic (exact) mass is 286 g/mol. The molecular weight excluding hydrogens is 276 g/mol. The van der Waals surface area contributed by atoms with Crippen molar-refractivity contribution in [3.8, 4) is 5.69 Å². The van der Waals surface area contributed by atoms with Gasteiger partial charge < -0.3 is 0 Å². The maximum atomic E-state index is 4.44. The van der Waals surface area contributed by atoms with Gasteiger partial charge >= 0.3 is 0 Å². The smallest absolute Gasteiger partial charge is 0.0752 e. The van der Waals surface area contributed by atoms with Gasteiger partial charge in [-0.15, -0.1) is 0 Å². The van der Waals surface area contributed by atoms with E-state index in [0.29, 0.717) is 0 Å². The molecule has 1 heterocycles. The van der Waals surface area contributed by atoms with E-state index in [9.17, 15) is 0 Å². The SMILES string of the molecule is Cc1ccc(-n2ncc3c(Br)cccc32)cc1. The Morgan fingerprint density at radius 1 is 1.06 bits per heavy atom. The summed E-state index contributed by atoms with van der Waals surface area (Å²) in [5.41, 5.74) is 3.46. The minimum absolute atomic E-state index is 1.08. The van der Waals surface area contributed by atoms with Gasteiger partial charge in [0.15, 0.2) is 0 Å². The summed E-state index contributed by atoms with van der Waals surface area (Å²) in [6, 6.07) is 14.5. The number of halogens is 1. The number of fused-ring (bicyclic) bond motifs is 1. The van der Waals surface area contributed by atoms with Crippen molar-refractivity contribution in [3.05, 3.63) is 58.7 Å². The highest BCUT2D eigenvalue weighted by Crippen LogP contribution is 2.25. The van der Waals surface area contributed by atoms with Crippen LogP contribution in [0, 0.1) is 6.92 Å². The van der Waals surface area contributed by atoms with E-state index in [-0.39, 0.29) is 0 Å². The number of aryl methyl sites for hydroxylation is 1. The summed E-state index contributed by atoms with van der Waals surface area (Å²) < 4.78 is 3.04. The number of rotatable bonds is 1. The Kier molecular flexibility index (Phi) is 2.48. The highest BCUT2D eigenvalue weighted by molar-refractivity contribution is 9.10. The summed E-state index contributed by atoms with van der Waals surface area (Å²) in [6.07, 6.45) is 1.89. The molecule has 2 nitrogen and oxygen atoms in total. The minimum Gasteiger partial charge on any atom is -0.233 e. The van der Waals surface area contributed by atoms with Gasteiger partial charge in [-0.3, -0.25) is 0 Å². The lowest BCUT2D eigenvalue weighted by molar-refractivity contribution is 0.910. The average Bonchev–Trinajstić information content (AvgIpc) is 2.75. The van der Waals surface area contributed by atoms with Crippen molar-refractivity contribution in [2.45, 2.75) is 6.92 Å². The third-order valence-electron chi connectivity index (χ3n) is 2.84. The van der Waals surface area contributed by atoms with Crippen molar-refractivity contribution in [1.29, 1.82) is 0 Å². The highest BCUT2D eigenvalue weighted by atomic mass is 79.9. The van der Waals surface area contributed by atoms with Crippen molar-refractivity contribution in [1.82, 2.24) is 9.78 Å². The minimum atomic E-state index is 1.08. The Morgan fingerprint density at radius 3 is 2.59 bits per heavy atom. The molecule has 2 aromatic carbocycles. The molecule has 0 unspecified atom stereocenters. The van der Waals surface area contributed by atoms with Crippen LogP contribution in [0.4, 0.5) is 0 Å². The predicted molar refractivity (Wildman–Crippen MR) is 73.5 cm³/mol. The molecule has 0 aliphatic rings. The van der Waals surface area contributed by atoms with Crippen LogP contribution in [0.3, 0.4) is 0 Å². The van der Waals surface area contributed by atoms with Crippen LogP contribution >= 0.6 is 15.9 Å². The summed E-state index contributed by atoms with van der Waals surface area (Å²) in [6.45, 7) is 2.08.